The monoisotopic (exact) mass is 391 g/mol. The van der Waals surface area contributed by atoms with Crippen LogP contribution in [0.4, 0.5) is 13.2 Å². The van der Waals surface area contributed by atoms with Gasteiger partial charge in [-0.25, -0.2) is 0 Å². The molecule has 0 aliphatic carbocycles. The van der Waals surface area contributed by atoms with Gasteiger partial charge in [-0.15, -0.1) is 0 Å². The van der Waals surface area contributed by atoms with Crippen LogP contribution in [-0.4, -0.2) is 20.3 Å². The summed E-state index contributed by atoms with van der Waals surface area (Å²) in [6.45, 7) is 3.35. The molecule has 2 aromatic rings. The predicted molar refractivity (Wildman–Crippen MR) is 88.2 cm³/mol. The molecule has 25 heavy (non-hydrogen) atoms. The van der Waals surface area contributed by atoms with E-state index in [0.717, 1.165) is 17.7 Å². The van der Waals surface area contributed by atoms with Crippen molar-refractivity contribution < 1.29 is 25.9 Å². The summed E-state index contributed by atoms with van der Waals surface area (Å²) in [5, 5.41) is 2.94. The molecule has 0 saturated carbocycles. The zero-order chi connectivity index (χ0) is 18.8. The Kier molecular flexibility index (Phi) is 5.43. The molecule has 2 rings (SSSR count). The van der Waals surface area contributed by atoms with E-state index in [1.807, 2.05) is 0 Å². The summed E-state index contributed by atoms with van der Waals surface area (Å²) in [5.74, 6) is 0. The van der Waals surface area contributed by atoms with E-state index in [0.29, 0.717) is 5.56 Å². The highest BCUT2D eigenvalue weighted by Gasteiger charge is 2.38. The summed E-state index contributed by atoms with van der Waals surface area (Å²) in [4.78, 5) is -0.301. The zero-order valence-electron chi connectivity index (χ0n) is 13.1. The highest BCUT2D eigenvalue weighted by atomic mass is 35.5. The molecule has 0 fully saturated rings. The van der Waals surface area contributed by atoms with Crippen molar-refractivity contribution in [2.45, 2.75) is 24.9 Å². The Hall–Kier alpha value is -2.06. The van der Waals surface area contributed by atoms with E-state index >= 15 is 0 Å². The number of nitrogens with zero attached hydrogens (tertiary/aromatic N) is 1. The third kappa shape index (κ3) is 4.73. The van der Waals surface area contributed by atoms with E-state index in [-0.39, 0.29) is 9.92 Å². The van der Waals surface area contributed by atoms with Crippen molar-refractivity contribution in [2.24, 2.45) is 5.16 Å². The Bertz CT molecular complexity index is 907. The summed E-state index contributed by atoms with van der Waals surface area (Å²) in [6, 6.07) is 8.97. The van der Waals surface area contributed by atoms with Crippen LogP contribution < -0.4 is 0 Å². The predicted octanol–water partition coefficient (Wildman–Crippen LogP) is 4.63. The molecule has 0 N–H and O–H groups in total. The molecule has 4 nitrogen and oxygen atoms in total. The van der Waals surface area contributed by atoms with Gasteiger partial charge in [0.15, 0.2) is 5.71 Å². The highest BCUT2D eigenvalue weighted by Crippen LogP contribution is 2.26. The minimum absolute atomic E-state index is 0.0934. The van der Waals surface area contributed by atoms with Crippen LogP contribution in [0.1, 0.15) is 16.7 Å². The average molecular weight is 392 g/mol. The maximum Gasteiger partial charge on any atom is 0.437 e. The minimum Gasteiger partial charge on any atom is -0.264 e. The van der Waals surface area contributed by atoms with Gasteiger partial charge in [0.25, 0.3) is 0 Å². The van der Waals surface area contributed by atoms with Crippen LogP contribution in [0.25, 0.3) is 0 Å². The molecule has 0 aliphatic rings. The SMILES string of the molecule is Cc1ccc(S(=O)(=O)ON=C(c2ccc(C)c(Cl)c2)C(F)(F)F)cc1. The lowest BCUT2D eigenvalue weighted by Crippen LogP contribution is -2.25. The number of hydrogen-bond acceptors (Lipinski definition) is 4. The lowest BCUT2D eigenvalue weighted by atomic mass is 10.1. The number of halogens is 4. The first-order chi connectivity index (χ1) is 11.5. The Labute approximate surface area is 148 Å². The zero-order valence-corrected chi connectivity index (χ0v) is 14.7. The van der Waals surface area contributed by atoms with E-state index in [1.54, 1.807) is 13.8 Å². The van der Waals surface area contributed by atoms with Crippen LogP contribution in [0.15, 0.2) is 52.5 Å². The molecule has 0 aliphatic heterocycles. The molecule has 0 aromatic heterocycles. The lowest BCUT2D eigenvalue weighted by Gasteiger charge is -2.11. The smallest absolute Gasteiger partial charge is 0.264 e. The van der Waals surface area contributed by atoms with Crippen LogP contribution in [0, 0.1) is 13.8 Å². The average Bonchev–Trinajstić information content (AvgIpc) is 2.50. The number of rotatable bonds is 4. The van der Waals surface area contributed by atoms with Crippen LogP contribution in [0.3, 0.4) is 0 Å². The second-order valence-electron chi connectivity index (χ2n) is 5.24. The van der Waals surface area contributed by atoms with Gasteiger partial charge in [0, 0.05) is 10.6 Å². The largest absolute Gasteiger partial charge is 0.437 e. The van der Waals surface area contributed by atoms with Gasteiger partial charge in [-0.1, -0.05) is 46.6 Å². The van der Waals surface area contributed by atoms with Crippen molar-refractivity contribution in [1.82, 2.24) is 0 Å². The van der Waals surface area contributed by atoms with E-state index in [4.69, 9.17) is 11.6 Å². The van der Waals surface area contributed by atoms with Crippen molar-refractivity contribution >= 4 is 27.4 Å². The van der Waals surface area contributed by atoms with Gasteiger partial charge in [0.2, 0.25) is 0 Å². The van der Waals surface area contributed by atoms with Gasteiger partial charge in [-0.05, 0) is 37.6 Å². The van der Waals surface area contributed by atoms with Crippen molar-refractivity contribution in [2.75, 3.05) is 0 Å². The van der Waals surface area contributed by atoms with Gasteiger partial charge >= 0.3 is 16.3 Å². The van der Waals surface area contributed by atoms with Crippen molar-refractivity contribution in [3.63, 3.8) is 0 Å². The fraction of sp³-hybridized carbons (Fsp3) is 0.188. The Morgan fingerprint density at radius 1 is 1.08 bits per heavy atom. The van der Waals surface area contributed by atoms with E-state index < -0.39 is 27.6 Å². The molecule has 134 valence electrons. The molecule has 0 heterocycles. The summed E-state index contributed by atoms with van der Waals surface area (Å²) >= 11 is 5.83. The third-order valence-corrected chi connectivity index (χ3v) is 4.78. The first-order valence-electron chi connectivity index (χ1n) is 6.93. The van der Waals surface area contributed by atoms with Crippen molar-refractivity contribution in [3.05, 3.63) is 64.2 Å². The fourth-order valence-electron chi connectivity index (χ4n) is 1.84. The first-order valence-corrected chi connectivity index (χ1v) is 8.71. The number of benzene rings is 2. The summed E-state index contributed by atoms with van der Waals surface area (Å²) in [6.07, 6.45) is -4.93. The maximum absolute atomic E-state index is 13.2. The second-order valence-corrected chi connectivity index (χ2v) is 7.18. The highest BCUT2D eigenvalue weighted by molar-refractivity contribution is 7.86. The molecule has 9 heteroatoms. The molecule has 0 radical (unpaired) electrons. The summed E-state index contributed by atoms with van der Waals surface area (Å²) in [7, 11) is -4.48. The quantitative estimate of drug-likeness (QED) is 0.564. The van der Waals surface area contributed by atoms with Crippen molar-refractivity contribution in [3.8, 4) is 0 Å². The number of hydrogen-bond donors (Lipinski definition) is 0. The summed E-state index contributed by atoms with van der Waals surface area (Å²) < 4.78 is 67.9. The molecule has 0 amide bonds. The first kappa shape index (κ1) is 19.3. The number of oxime groups is 1. The Morgan fingerprint density at radius 3 is 2.20 bits per heavy atom. The Balaban J connectivity index is 2.41. The topological polar surface area (TPSA) is 55.7 Å². The van der Waals surface area contributed by atoms with Crippen LogP contribution >= 0.6 is 11.6 Å². The normalized spacial score (nSPS) is 13.0. The fourth-order valence-corrected chi connectivity index (χ4v) is 2.75. The lowest BCUT2D eigenvalue weighted by molar-refractivity contribution is -0.0597. The third-order valence-electron chi connectivity index (χ3n) is 3.25. The van der Waals surface area contributed by atoms with E-state index in [2.05, 4.69) is 9.44 Å². The van der Waals surface area contributed by atoms with Crippen LogP contribution in [0.2, 0.25) is 5.02 Å². The molecule has 2 aromatic carbocycles. The van der Waals surface area contributed by atoms with Gasteiger partial charge in [0.05, 0.1) is 0 Å². The van der Waals surface area contributed by atoms with Gasteiger partial charge < -0.3 is 0 Å². The molecule has 0 atom stereocenters. The molecular weight excluding hydrogens is 379 g/mol. The molecule has 0 saturated heterocycles. The van der Waals surface area contributed by atoms with Gasteiger partial charge in [-0.2, -0.15) is 21.6 Å². The van der Waals surface area contributed by atoms with E-state index in [1.165, 1.54) is 30.3 Å². The molecule has 0 spiro atoms. The Morgan fingerprint density at radius 2 is 1.68 bits per heavy atom. The van der Waals surface area contributed by atoms with Gasteiger partial charge in [-0.3, -0.25) is 4.28 Å². The molecular formula is C16H13ClF3NO3S. The van der Waals surface area contributed by atoms with Gasteiger partial charge in [0.1, 0.15) is 4.90 Å². The minimum atomic E-state index is -4.93. The number of aryl methyl sites for hydroxylation is 2. The summed E-state index contributed by atoms with van der Waals surface area (Å²) in [5.41, 5.74) is -0.542. The second kappa shape index (κ2) is 7.05. The van der Waals surface area contributed by atoms with Crippen LogP contribution in [0.5, 0.6) is 0 Å². The maximum atomic E-state index is 13.2. The standard InChI is InChI=1S/C16H13ClF3NO3S/c1-10-3-7-13(8-4-10)25(22,23)24-21-15(16(18,19)20)12-6-5-11(2)14(17)9-12/h3-9H,1-2H3. The number of alkyl halides is 3. The van der Waals surface area contributed by atoms with E-state index in [9.17, 15) is 21.6 Å². The molecule has 0 unspecified atom stereocenters. The van der Waals surface area contributed by atoms with Crippen LogP contribution in [-0.2, 0) is 14.4 Å². The van der Waals surface area contributed by atoms with Crippen molar-refractivity contribution in [1.29, 1.82) is 0 Å². The molecule has 0 bridgehead atoms.